The summed E-state index contributed by atoms with van der Waals surface area (Å²) in [4.78, 5) is 24.8. The van der Waals surface area contributed by atoms with Crippen LogP contribution in [0.2, 0.25) is 0 Å². The van der Waals surface area contributed by atoms with Crippen LogP contribution in [0.4, 0.5) is 0 Å². The predicted molar refractivity (Wildman–Crippen MR) is 95.1 cm³/mol. The van der Waals surface area contributed by atoms with Crippen molar-refractivity contribution >= 4 is 11.9 Å². The third-order valence-electron chi connectivity index (χ3n) is 4.76. The molecular weight excluding hydrogens is 320 g/mol. The fourth-order valence-corrected chi connectivity index (χ4v) is 3.35. The van der Waals surface area contributed by atoms with Crippen molar-refractivity contribution in [3.8, 4) is 0 Å². The second kappa shape index (κ2) is 9.53. The topological polar surface area (TPSA) is 76.7 Å². The SMILES string of the molecule is COC(=O)[C@H](Cc1ccccc1)NC(=O)C(C)[C@@H](OC)[C@@H]1CCCN1. The molecule has 0 saturated carbocycles. The van der Waals surface area contributed by atoms with E-state index in [-0.39, 0.29) is 24.0 Å². The van der Waals surface area contributed by atoms with Crippen LogP contribution < -0.4 is 10.6 Å². The normalized spacial score (nSPS) is 20.5. The van der Waals surface area contributed by atoms with Crippen LogP contribution in [0, 0.1) is 5.92 Å². The number of carbonyl (C=O) groups is 2. The van der Waals surface area contributed by atoms with Crippen molar-refractivity contribution in [1.82, 2.24) is 10.6 Å². The van der Waals surface area contributed by atoms with Crippen molar-refractivity contribution in [3.05, 3.63) is 35.9 Å². The van der Waals surface area contributed by atoms with E-state index in [0.717, 1.165) is 24.9 Å². The van der Waals surface area contributed by atoms with E-state index in [9.17, 15) is 9.59 Å². The lowest BCUT2D eigenvalue weighted by atomic mass is 9.95. The van der Waals surface area contributed by atoms with Crippen molar-refractivity contribution < 1.29 is 19.1 Å². The van der Waals surface area contributed by atoms with E-state index in [1.165, 1.54) is 7.11 Å². The van der Waals surface area contributed by atoms with Gasteiger partial charge in [-0.3, -0.25) is 4.79 Å². The molecule has 2 rings (SSSR count). The van der Waals surface area contributed by atoms with Gasteiger partial charge in [0.15, 0.2) is 0 Å². The van der Waals surface area contributed by atoms with E-state index in [2.05, 4.69) is 10.6 Å². The molecule has 0 bridgehead atoms. The van der Waals surface area contributed by atoms with Crippen molar-refractivity contribution in [3.63, 3.8) is 0 Å². The second-order valence-electron chi connectivity index (χ2n) is 6.47. The number of methoxy groups -OCH3 is 2. The lowest BCUT2D eigenvalue weighted by molar-refractivity contribution is -0.146. The molecule has 138 valence electrons. The van der Waals surface area contributed by atoms with Gasteiger partial charge in [-0.05, 0) is 24.9 Å². The van der Waals surface area contributed by atoms with Gasteiger partial charge in [0.2, 0.25) is 5.91 Å². The Morgan fingerprint density at radius 1 is 1.28 bits per heavy atom. The molecule has 2 N–H and O–H groups in total. The molecular formula is C19H28N2O4. The highest BCUT2D eigenvalue weighted by atomic mass is 16.5. The molecule has 1 unspecified atom stereocenters. The minimum Gasteiger partial charge on any atom is -0.467 e. The van der Waals surface area contributed by atoms with Gasteiger partial charge in [0.25, 0.3) is 0 Å². The molecule has 25 heavy (non-hydrogen) atoms. The first-order valence-corrected chi connectivity index (χ1v) is 8.75. The fraction of sp³-hybridized carbons (Fsp3) is 0.579. The Morgan fingerprint density at radius 3 is 2.56 bits per heavy atom. The van der Waals surface area contributed by atoms with E-state index in [1.807, 2.05) is 37.3 Å². The number of nitrogens with one attached hydrogen (secondary N) is 2. The van der Waals surface area contributed by atoms with Crippen LogP contribution in [-0.2, 0) is 25.5 Å². The number of hydrogen-bond donors (Lipinski definition) is 2. The lowest BCUT2D eigenvalue weighted by Crippen LogP contribution is -2.50. The number of esters is 1. The van der Waals surface area contributed by atoms with Crippen LogP contribution in [0.25, 0.3) is 0 Å². The van der Waals surface area contributed by atoms with Crippen LogP contribution in [0.15, 0.2) is 30.3 Å². The maximum atomic E-state index is 12.7. The summed E-state index contributed by atoms with van der Waals surface area (Å²) in [5.74, 6) is -1.02. The fourth-order valence-electron chi connectivity index (χ4n) is 3.35. The Kier molecular flexibility index (Phi) is 7.40. The first kappa shape index (κ1) is 19.4. The highest BCUT2D eigenvalue weighted by Crippen LogP contribution is 2.19. The summed E-state index contributed by atoms with van der Waals surface area (Å²) >= 11 is 0. The van der Waals surface area contributed by atoms with Crippen LogP contribution in [-0.4, -0.2) is 50.8 Å². The summed E-state index contributed by atoms with van der Waals surface area (Å²) in [5, 5.41) is 6.21. The molecule has 6 nitrogen and oxygen atoms in total. The number of benzene rings is 1. The summed E-state index contributed by atoms with van der Waals surface area (Å²) in [6, 6.07) is 9.02. The van der Waals surface area contributed by atoms with E-state index < -0.39 is 12.0 Å². The van der Waals surface area contributed by atoms with Gasteiger partial charge >= 0.3 is 5.97 Å². The van der Waals surface area contributed by atoms with E-state index in [4.69, 9.17) is 9.47 Å². The maximum Gasteiger partial charge on any atom is 0.328 e. The van der Waals surface area contributed by atoms with Crippen molar-refractivity contribution in [2.45, 2.75) is 44.4 Å². The average Bonchev–Trinajstić information content (AvgIpc) is 3.16. The molecule has 1 amide bonds. The summed E-state index contributed by atoms with van der Waals surface area (Å²) < 4.78 is 10.4. The second-order valence-corrected chi connectivity index (χ2v) is 6.47. The van der Waals surface area contributed by atoms with Gasteiger partial charge in [0, 0.05) is 19.6 Å². The average molecular weight is 348 g/mol. The molecule has 4 atom stereocenters. The number of carbonyl (C=O) groups excluding carboxylic acids is 2. The Hall–Kier alpha value is -1.92. The van der Waals surface area contributed by atoms with Crippen LogP contribution in [0.3, 0.4) is 0 Å². The molecule has 1 aliphatic rings. The molecule has 1 aromatic carbocycles. The van der Waals surface area contributed by atoms with Gasteiger partial charge in [-0.2, -0.15) is 0 Å². The molecule has 1 aromatic rings. The minimum absolute atomic E-state index is 0.163. The Labute approximate surface area is 149 Å². The molecule has 0 radical (unpaired) electrons. The summed E-state index contributed by atoms with van der Waals surface area (Å²) in [6.07, 6.45) is 2.24. The van der Waals surface area contributed by atoms with Gasteiger partial charge in [-0.1, -0.05) is 37.3 Å². The standard InChI is InChI=1S/C19H28N2O4/c1-13(17(24-2)15-10-7-11-20-15)18(22)21-16(19(23)25-3)12-14-8-5-4-6-9-14/h4-6,8-9,13,15-17,20H,7,10-12H2,1-3H3,(H,21,22)/t13?,15-,16-,17+/m0/s1. The molecule has 1 fully saturated rings. The number of hydrogen-bond acceptors (Lipinski definition) is 5. The third kappa shape index (κ3) is 5.28. The zero-order valence-electron chi connectivity index (χ0n) is 15.2. The third-order valence-corrected chi connectivity index (χ3v) is 4.76. The largest absolute Gasteiger partial charge is 0.467 e. The van der Waals surface area contributed by atoms with E-state index >= 15 is 0 Å². The zero-order chi connectivity index (χ0) is 18.2. The monoisotopic (exact) mass is 348 g/mol. The molecule has 1 saturated heterocycles. The van der Waals surface area contributed by atoms with Gasteiger partial charge < -0.3 is 20.1 Å². The van der Waals surface area contributed by atoms with E-state index in [0.29, 0.717) is 6.42 Å². The highest BCUT2D eigenvalue weighted by molar-refractivity contribution is 5.86. The van der Waals surface area contributed by atoms with Gasteiger partial charge in [-0.25, -0.2) is 4.79 Å². The molecule has 0 aromatic heterocycles. The Morgan fingerprint density at radius 2 is 2.00 bits per heavy atom. The molecule has 6 heteroatoms. The molecule has 0 spiro atoms. The predicted octanol–water partition coefficient (Wildman–Crippen LogP) is 1.29. The Bertz CT molecular complexity index is 558. The van der Waals surface area contributed by atoms with Gasteiger partial charge in [0.1, 0.15) is 6.04 Å². The van der Waals surface area contributed by atoms with Crippen molar-refractivity contribution in [2.75, 3.05) is 20.8 Å². The zero-order valence-corrected chi connectivity index (χ0v) is 15.2. The van der Waals surface area contributed by atoms with Crippen LogP contribution >= 0.6 is 0 Å². The van der Waals surface area contributed by atoms with E-state index in [1.54, 1.807) is 7.11 Å². The smallest absolute Gasteiger partial charge is 0.328 e. The van der Waals surface area contributed by atoms with Gasteiger partial charge in [-0.15, -0.1) is 0 Å². The Balaban J connectivity index is 2.03. The molecule has 1 heterocycles. The highest BCUT2D eigenvalue weighted by Gasteiger charge is 2.34. The number of amides is 1. The number of rotatable bonds is 8. The van der Waals surface area contributed by atoms with Crippen molar-refractivity contribution in [2.24, 2.45) is 5.92 Å². The quantitative estimate of drug-likeness (QED) is 0.693. The van der Waals surface area contributed by atoms with Crippen LogP contribution in [0.5, 0.6) is 0 Å². The minimum atomic E-state index is -0.712. The summed E-state index contributed by atoms with van der Waals surface area (Å²) in [7, 11) is 2.95. The van der Waals surface area contributed by atoms with Crippen molar-refractivity contribution in [1.29, 1.82) is 0 Å². The summed E-state index contributed by atoms with van der Waals surface area (Å²) in [5.41, 5.74) is 0.964. The number of ether oxygens (including phenoxy) is 2. The van der Waals surface area contributed by atoms with Gasteiger partial charge in [0.05, 0.1) is 19.1 Å². The molecule has 1 aliphatic heterocycles. The first-order chi connectivity index (χ1) is 12.1. The lowest BCUT2D eigenvalue weighted by Gasteiger charge is -2.28. The first-order valence-electron chi connectivity index (χ1n) is 8.75. The molecule has 0 aliphatic carbocycles. The maximum absolute atomic E-state index is 12.7. The van der Waals surface area contributed by atoms with Crippen LogP contribution in [0.1, 0.15) is 25.3 Å². The summed E-state index contributed by atoms with van der Waals surface area (Å²) in [6.45, 7) is 2.78.